The summed E-state index contributed by atoms with van der Waals surface area (Å²) < 4.78 is 32.6. The maximum absolute atomic E-state index is 12.4. The van der Waals surface area contributed by atoms with Crippen molar-refractivity contribution in [3.05, 3.63) is 64.2 Å². The fourth-order valence-electron chi connectivity index (χ4n) is 2.78. The molecule has 10 heteroatoms. The normalized spacial score (nSPS) is 16.5. The minimum atomic E-state index is -4.00. The molecule has 1 heterocycles. The number of amides is 1. The van der Waals surface area contributed by atoms with Gasteiger partial charge in [0.1, 0.15) is 0 Å². The number of anilines is 1. The molecule has 1 atom stereocenters. The molecule has 1 aliphatic heterocycles. The zero-order valence-corrected chi connectivity index (χ0v) is 15.6. The second-order valence-electron chi connectivity index (χ2n) is 6.28. The van der Waals surface area contributed by atoms with E-state index >= 15 is 0 Å². The maximum atomic E-state index is 12.4. The van der Waals surface area contributed by atoms with E-state index in [-0.39, 0.29) is 28.3 Å². The lowest BCUT2D eigenvalue weighted by molar-refractivity contribution is -0.385. The highest BCUT2D eigenvalue weighted by atomic mass is 32.2. The number of hydrogen-bond donors (Lipinski definition) is 2. The fraction of sp³-hybridized carbons (Fsp3) is 0.278. The van der Waals surface area contributed by atoms with E-state index in [0.717, 1.165) is 18.9 Å². The summed E-state index contributed by atoms with van der Waals surface area (Å²) in [7, 11) is -4.00. The Kier molecular flexibility index (Phi) is 5.90. The van der Waals surface area contributed by atoms with Gasteiger partial charge >= 0.3 is 0 Å². The van der Waals surface area contributed by atoms with Crippen molar-refractivity contribution >= 4 is 27.3 Å². The molecule has 3 rings (SSSR count). The van der Waals surface area contributed by atoms with Gasteiger partial charge in [0.15, 0.2) is 0 Å². The quantitative estimate of drug-likeness (QED) is 0.537. The van der Waals surface area contributed by atoms with Gasteiger partial charge in [-0.2, -0.15) is 0 Å². The number of carbonyl (C=O) groups is 1. The lowest BCUT2D eigenvalue weighted by atomic mass is 10.2. The third kappa shape index (κ3) is 4.84. The summed E-state index contributed by atoms with van der Waals surface area (Å²) in [5, 5.41) is 13.6. The summed E-state index contributed by atoms with van der Waals surface area (Å²) >= 11 is 0. The van der Waals surface area contributed by atoms with Crippen molar-refractivity contribution in [3.63, 3.8) is 0 Å². The highest BCUT2D eigenvalue weighted by molar-refractivity contribution is 7.92. The van der Waals surface area contributed by atoms with Crippen molar-refractivity contribution in [2.45, 2.75) is 23.8 Å². The summed E-state index contributed by atoms with van der Waals surface area (Å²) in [6, 6.07) is 10.7. The highest BCUT2D eigenvalue weighted by Gasteiger charge is 2.19. The summed E-state index contributed by atoms with van der Waals surface area (Å²) in [5.41, 5.74) is 0.305. The van der Waals surface area contributed by atoms with E-state index in [4.69, 9.17) is 4.74 Å². The molecule has 2 aromatic carbocycles. The number of carbonyl (C=O) groups excluding carboxylic acids is 1. The van der Waals surface area contributed by atoms with Gasteiger partial charge in [0, 0.05) is 36.5 Å². The number of rotatable bonds is 7. The van der Waals surface area contributed by atoms with E-state index in [0.29, 0.717) is 18.7 Å². The Morgan fingerprint density at radius 1 is 1.21 bits per heavy atom. The molecule has 1 amide bonds. The monoisotopic (exact) mass is 405 g/mol. The molecule has 0 bridgehead atoms. The largest absolute Gasteiger partial charge is 0.376 e. The average Bonchev–Trinajstić information content (AvgIpc) is 3.20. The van der Waals surface area contributed by atoms with E-state index in [1.807, 2.05) is 0 Å². The van der Waals surface area contributed by atoms with Crippen LogP contribution in [-0.2, 0) is 14.8 Å². The Hall–Kier alpha value is -2.98. The van der Waals surface area contributed by atoms with Gasteiger partial charge in [-0.05, 0) is 43.2 Å². The third-order valence-corrected chi connectivity index (χ3v) is 5.63. The average molecular weight is 405 g/mol. The first-order valence-electron chi connectivity index (χ1n) is 8.62. The molecule has 0 unspecified atom stereocenters. The number of non-ortho nitro benzene ring substituents is 1. The molecule has 9 nitrogen and oxygen atoms in total. The van der Waals surface area contributed by atoms with E-state index < -0.39 is 14.9 Å². The van der Waals surface area contributed by atoms with Crippen LogP contribution in [-0.4, -0.2) is 38.5 Å². The molecule has 0 aromatic heterocycles. The van der Waals surface area contributed by atoms with Crippen molar-refractivity contribution in [2.75, 3.05) is 17.9 Å². The van der Waals surface area contributed by atoms with Gasteiger partial charge in [-0.25, -0.2) is 8.42 Å². The molecule has 0 saturated carbocycles. The van der Waals surface area contributed by atoms with E-state index in [2.05, 4.69) is 10.0 Å². The second-order valence-corrected chi connectivity index (χ2v) is 7.96. The number of ether oxygens (including phenoxy) is 1. The SMILES string of the molecule is O=C(NC[C@@H]1CCCO1)c1ccc(NS(=O)(=O)c2cccc([N+](=O)[O-])c2)cc1. The standard InChI is InChI=1S/C18H19N3O6S/c22-18(19-12-16-4-2-10-27-16)13-6-8-14(9-7-13)20-28(25,26)17-5-1-3-15(11-17)21(23)24/h1,3,5-9,11,16,20H,2,4,10,12H2,(H,19,22)/t16-/m0/s1. The Morgan fingerprint density at radius 2 is 1.96 bits per heavy atom. The van der Waals surface area contributed by atoms with Crippen molar-refractivity contribution in [3.8, 4) is 0 Å². The molecule has 1 aliphatic rings. The van der Waals surface area contributed by atoms with Gasteiger partial charge in [0.25, 0.3) is 21.6 Å². The zero-order chi connectivity index (χ0) is 20.1. The fourth-order valence-corrected chi connectivity index (χ4v) is 3.88. The summed E-state index contributed by atoms with van der Waals surface area (Å²) in [4.78, 5) is 22.1. The lowest BCUT2D eigenvalue weighted by Gasteiger charge is -2.11. The van der Waals surface area contributed by atoms with Crippen LogP contribution in [0.25, 0.3) is 0 Å². The van der Waals surface area contributed by atoms with Gasteiger partial charge in [-0.1, -0.05) is 6.07 Å². The number of hydrogen-bond acceptors (Lipinski definition) is 6. The first-order chi connectivity index (χ1) is 13.3. The Labute approximate surface area is 161 Å². The third-order valence-electron chi connectivity index (χ3n) is 4.25. The van der Waals surface area contributed by atoms with Crippen LogP contribution < -0.4 is 10.0 Å². The van der Waals surface area contributed by atoms with Gasteiger partial charge in [0.2, 0.25) is 0 Å². The summed E-state index contributed by atoms with van der Waals surface area (Å²) in [6.07, 6.45) is 1.93. The van der Waals surface area contributed by atoms with Crippen LogP contribution in [0.2, 0.25) is 0 Å². The van der Waals surface area contributed by atoms with E-state index in [1.165, 1.54) is 42.5 Å². The molecule has 148 valence electrons. The number of nitrogens with one attached hydrogen (secondary N) is 2. The van der Waals surface area contributed by atoms with Crippen LogP contribution in [0, 0.1) is 10.1 Å². The number of nitro groups is 1. The van der Waals surface area contributed by atoms with Gasteiger partial charge in [0.05, 0.1) is 15.9 Å². The van der Waals surface area contributed by atoms with Crippen molar-refractivity contribution in [1.29, 1.82) is 0 Å². The molecule has 0 radical (unpaired) electrons. The molecule has 2 N–H and O–H groups in total. The summed E-state index contributed by atoms with van der Waals surface area (Å²) in [5.74, 6) is -0.274. The first kappa shape index (κ1) is 19.8. The lowest BCUT2D eigenvalue weighted by Crippen LogP contribution is -2.31. The molecule has 1 fully saturated rings. The predicted octanol–water partition coefficient (Wildman–Crippen LogP) is 2.30. The number of nitrogens with zero attached hydrogens (tertiary/aromatic N) is 1. The maximum Gasteiger partial charge on any atom is 0.270 e. The highest BCUT2D eigenvalue weighted by Crippen LogP contribution is 2.21. The molecular weight excluding hydrogens is 386 g/mol. The van der Waals surface area contributed by atoms with Crippen molar-refractivity contribution < 1.29 is 22.9 Å². The number of sulfonamides is 1. The van der Waals surface area contributed by atoms with Gasteiger partial charge in [-0.3, -0.25) is 19.6 Å². The van der Waals surface area contributed by atoms with Crippen molar-refractivity contribution in [2.24, 2.45) is 0 Å². The van der Waals surface area contributed by atoms with Gasteiger partial charge in [-0.15, -0.1) is 0 Å². The predicted molar refractivity (Wildman–Crippen MR) is 102 cm³/mol. The second kappa shape index (κ2) is 8.36. The Bertz CT molecular complexity index is 969. The first-order valence-corrected chi connectivity index (χ1v) is 10.1. The summed E-state index contributed by atoms with van der Waals surface area (Å²) in [6.45, 7) is 1.14. The number of benzene rings is 2. The zero-order valence-electron chi connectivity index (χ0n) is 14.8. The minimum absolute atomic E-state index is 0.0324. The molecular formula is C18H19N3O6S. The van der Waals surface area contributed by atoms with E-state index in [1.54, 1.807) is 0 Å². The van der Waals surface area contributed by atoms with E-state index in [9.17, 15) is 23.3 Å². The smallest absolute Gasteiger partial charge is 0.270 e. The Balaban J connectivity index is 1.65. The van der Waals surface area contributed by atoms with Crippen LogP contribution in [0.15, 0.2) is 53.4 Å². The van der Waals surface area contributed by atoms with Crippen LogP contribution >= 0.6 is 0 Å². The van der Waals surface area contributed by atoms with Crippen LogP contribution in [0.1, 0.15) is 23.2 Å². The van der Waals surface area contributed by atoms with Crippen molar-refractivity contribution in [1.82, 2.24) is 5.32 Å². The molecule has 0 spiro atoms. The van der Waals surface area contributed by atoms with Crippen LogP contribution in [0.3, 0.4) is 0 Å². The molecule has 0 aliphatic carbocycles. The Morgan fingerprint density at radius 3 is 2.61 bits per heavy atom. The number of nitro benzene ring substituents is 1. The van der Waals surface area contributed by atoms with Crippen LogP contribution in [0.5, 0.6) is 0 Å². The topological polar surface area (TPSA) is 128 Å². The molecule has 28 heavy (non-hydrogen) atoms. The van der Waals surface area contributed by atoms with Crippen LogP contribution in [0.4, 0.5) is 11.4 Å². The van der Waals surface area contributed by atoms with Gasteiger partial charge < -0.3 is 10.1 Å². The minimum Gasteiger partial charge on any atom is -0.376 e. The molecule has 1 saturated heterocycles. The molecule has 2 aromatic rings.